The minimum Gasteiger partial charge on any atom is -0.475 e. The Balaban J connectivity index is 0.000000406. The highest BCUT2D eigenvalue weighted by Gasteiger charge is 2.38. The molecule has 0 spiro atoms. The Morgan fingerprint density at radius 2 is 1.71 bits per heavy atom. The number of alkyl halides is 3. The fraction of sp³-hybridized carbons (Fsp3) is 0.571. The lowest BCUT2D eigenvalue weighted by Crippen LogP contribution is -2.34. The number of carbonyl (C=O) groups is 3. The van der Waals surface area contributed by atoms with E-state index in [2.05, 4.69) is 29.2 Å². The van der Waals surface area contributed by atoms with Gasteiger partial charge in [-0.25, -0.2) is 4.79 Å². The monoisotopic (exact) mass is 484 g/mol. The number of aromatic nitrogens is 3. The number of carboxylic acids is 1. The van der Waals surface area contributed by atoms with Crippen molar-refractivity contribution in [2.45, 2.75) is 37.9 Å². The van der Waals surface area contributed by atoms with Crippen molar-refractivity contribution < 1.29 is 32.7 Å². The van der Waals surface area contributed by atoms with E-state index < -0.39 is 12.1 Å². The quantitative estimate of drug-likeness (QED) is 0.702. The largest absolute Gasteiger partial charge is 0.490 e. The first-order valence-electron chi connectivity index (χ1n) is 10.7. The number of carboxylic acid groups (broad SMARTS) is 1. The highest BCUT2D eigenvalue weighted by molar-refractivity contribution is 5.94. The first-order chi connectivity index (χ1) is 15.9. The van der Waals surface area contributed by atoms with Crippen molar-refractivity contribution in [3.8, 4) is 0 Å². The van der Waals surface area contributed by atoms with Gasteiger partial charge in [-0.05, 0) is 39.1 Å². The molecule has 1 N–H and O–H groups in total. The maximum Gasteiger partial charge on any atom is 0.490 e. The number of likely N-dealkylation sites (tertiary alicyclic amines) is 2. The molecule has 4 heterocycles. The van der Waals surface area contributed by atoms with Crippen LogP contribution in [0.2, 0.25) is 0 Å². The zero-order valence-electron chi connectivity index (χ0n) is 19.1. The van der Waals surface area contributed by atoms with Crippen LogP contribution in [0.4, 0.5) is 13.2 Å². The SMILES string of the molecule is CC(=O)N1CCC(c2nnc3ccc(C(=O)N4CCC(N(C)C)C4)cn23)C1.O=C(O)C(F)(F)F. The molecule has 0 radical (unpaired) electrons. The number of amides is 2. The predicted octanol–water partition coefficient (Wildman–Crippen LogP) is 1.47. The number of aliphatic carboxylic acids is 1. The van der Waals surface area contributed by atoms with Gasteiger partial charge in [0.25, 0.3) is 5.91 Å². The zero-order chi connectivity index (χ0) is 25.2. The van der Waals surface area contributed by atoms with E-state index >= 15 is 0 Å². The van der Waals surface area contributed by atoms with E-state index in [0.717, 1.165) is 43.9 Å². The molecule has 2 aromatic rings. The summed E-state index contributed by atoms with van der Waals surface area (Å²) in [7, 11) is 4.11. The maximum absolute atomic E-state index is 13.0. The van der Waals surface area contributed by atoms with Gasteiger partial charge in [0, 0.05) is 51.3 Å². The van der Waals surface area contributed by atoms with Gasteiger partial charge in [-0.1, -0.05) is 0 Å². The maximum atomic E-state index is 13.0. The summed E-state index contributed by atoms with van der Waals surface area (Å²) in [6.07, 6.45) is -1.36. The third kappa shape index (κ3) is 5.64. The van der Waals surface area contributed by atoms with E-state index in [1.54, 1.807) is 6.92 Å². The standard InChI is InChI=1S/C19H26N6O2.C2HF3O2/c1-13(26)23-8-6-14(10-23)18-21-20-17-5-4-15(11-25(17)18)19(27)24-9-7-16(12-24)22(2)3;3-2(4,5)1(6)7/h4-5,11,14,16H,6-10,12H2,1-3H3;(H,6,7). The molecule has 2 saturated heterocycles. The van der Waals surface area contributed by atoms with Gasteiger partial charge < -0.3 is 19.8 Å². The van der Waals surface area contributed by atoms with Crippen molar-refractivity contribution in [2.75, 3.05) is 40.3 Å². The third-order valence-electron chi connectivity index (χ3n) is 6.10. The van der Waals surface area contributed by atoms with E-state index in [1.807, 2.05) is 32.5 Å². The Morgan fingerprint density at radius 3 is 2.24 bits per heavy atom. The van der Waals surface area contributed by atoms with Gasteiger partial charge in [0.1, 0.15) is 5.82 Å². The van der Waals surface area contributed by atoms with Crippen molar-refractivity contribution >= 4 is 23.4 Å². The summed E-state index contributed by atoms with van der Waals surface area (Å²) < 4.78 is 33.7. The van der Waals surface area contributed by atoms with Gasteiger partial charge >= 0.3 is 12.1 Å². The minimum absolute atomic E-state index is 0.0534. The Hall–Kier alpha value is -3.22. The summed E-state index contributed by atoms with van der Waals surface area (Å²) in [5.41, 5.74) is 1.39. The number of nitrogens with zero attached hydrogens (tertiary/aromatic N) is 6. The number of hydrogen-bond donors (Lipinski definition) is 1. The third-order valence-corrected chi connectivity index (χ3v) is 6.10. The van der Waals surface area contributed by atoms with Crippen LogP contribution in [0.5, 0.6) is 0 Å². The molecule has 2 aliphatic rings. The lowest BCUT2D eigenvalue weighted by atomic mass is 10.1. The average Bonchev–Trinajstić information content (AvgIpc) is 3.51. The molecule has 2 atom stereocenters. The first-order valence-corrected chi connectivity index (χ1v) is 10.7. The van der Waals surface area contributed by atoms with Crippen LogP contribution in [0.25, 0.3) is 5.65 Å². The molecule has 0 aliphatic carbocycles. The summed E-state index contributed by atoms with van der Waals surface area (Å²) in [6, 6.07) is 4.09. The molecule has 2 aromatic heterocycles. The number of halogens is 3. The van der Waals surface area contributed by atoms with E-state index in [1.165, 1.54) is 0 Å². The first kappa shape index (κ1) is 25.4. The van der Waals surface area contributed by atoms with Crippen molar-refractivity contribution in [1.82, 2.24) is 29.3 Å². The van der Waals surface area contributed by atoms with Crippen LogP contribution >= 0.6 is 0 Å². The highest BCUT2D eigenvalue weighted by atomic mass is 19.4. The Kier molecular flexibility index (Phi) is 7.44. The molecule has 34 heavy (non-hydrogen) atoms. The number of pyridine rings is 1. The summed E-state index contributed by atoms with van der Waals surface area (Å²) in [5.74, 6) is -1.63. The molecule has 186 valence electrons. The van der Waals surface area contributed by atoms with Crippen LogP contribution in [-0.4, -0.2) is 105 Å². The van der Waals surface area contributed by atoms with E-state index in [4.69, 9.17) is 9.90 Å². The van der Waals surface area contributed by atoms with Crippen LogP contribution in [-0.2, 0) is 9.59 Å². The number of hydrogen-bond acceptors (Lipinski definition) is 6. The molecule has 4 rings (SSSR count). The summed E-state index contributed by atoms with van der Waals surface area (Å²) >= 11 is 0. The molecule has 10 nitrogen and oxygen atoms in total. The van der Waals surface area contributed by atoms with Crippen LogP contribution in [0, 0.1) is 0 Å². The topological polar surface area (TPSA) is 111 Å². The van der Waals surface area contributed by atoms with Gasteiger partial charge in [-0.3, -0.25) is 14.0 Å². The number of likely N-dealkylation sites (N-methyl/N-ethyl adjacent to an activating group) is 1. The predicted molar refractivity (Wildman–Crippen MR) is 114 cm³/mol. The fourth-order valence-corrected chi connectivity index (χ4v) is 4.10. The van der Waals surface area contributed by atoms with Crippen molar-refractivity contribution in [1.29, 1.82) is 0 Å². The van der Waals surface area contributed by atoms with Crippen LogP contribution < -0.4 is 0 Å². The molecular weight excluding hydrogens is 457 g/mol. The van der Waals surface area contributed by atoms with Gasteiger partial charge in [-0.2, -0.15) is 13.2 Å². The molecule has 0 aromatic carbocycles. The number of rotatable bonds is 3. The van der Waals surface area contributed by atoms with Crippen molar-refractivity contribution in [3.05, 3.63) is 29.7 Å². The summed E-state index contributed by atoms with van der Waals surface area (Å²) in [4.78, 5) is 39.4. The second-order valence-corrected chi connectivity index (χ2v) is 8.61. The molecule has 2 fully saturated rings. The van der Waals surface area contributed by atoms with Gasteiger partial charge in [0.15, 0.2) is 5.65 Å². The summed E-state index contributed by atoms with van der Waals surface area (Å²) in [6.45, 7) is 4.54. The number of fused-ring (bicyclic) bond motifs is 1. The molecular formula is C21H27F3N6O4. The molecule has 2 aliphatic heterocycles. The molecule has 2 amide bonds. The molecule has 2 unspecified atom stereocenters. The van der Waals surface area contributed by atoms with Crippen LogP contribution in [0.15, 0.2) is 18.3 Å². The Bertz CT molecular complexity index is 1070. The Labute approximate surface area is 193 Å². The fourth-order valence-electron chi connectivity index (χ4n) is 4.10. The lowest BCUT2D eigenvalue weighted by Gasteiger charge is -2.20. The smallest absolute Gasteiger partial charge is 0.475 e. The van der Waals surface area contributed by atoms with Gasteiger partial charge in [0.05, 0.1) is 5.56 Å². The van der Waals surface area contributed by atoms with E-state index in [9.17, 15) is 22.8 Å². The highest BCUT2D eigenvalue weighted by Crippen LogP contribution is 2.27. The van der Waals surface area contributed by atoms with Gasteiger partial charge in [-0.15, -0.1) is 10.2 Å². The van der Waals surface area contributed by atoms with E-state index in [-0.39, 0.29) is 17.7 Å². The van der Waals surface area contributed by atoms with E-state index in [0.29, 0.717) is 18.2 Å². The average molecular weight is 484 g/mol. The number of carbonyl (C=O) groups excluding carboxylic acids is 2. The van der Waals surface area contributed by atoms with Crippen molar-refractivity contribution in [2.24, 2.45) is 0 Å². The molecule has 0 saturated carbocycles. The zero-order valence-corrected chi connectivity index (χ0v) is 19.1. The van der Waals surface area contributed by atoms with Crippen molar-refractivity contribution in [3.63, 3.8) is 0 Å². The van der Waals surface area contributed by atoms with Gasteiger partial charge in [0.2, 0.25) is 5.91 Å². The van der Waals surface area contributed by atoms with Crippen LogP contribution in [0.3, 0.4) is 0 Å². The second-order valence-electron chi connectivity index (χ2n) is 8.61. The lowest BCUT2D eigenvalue weighted by molar-refractivity contribution is -0.192. The normalized spacial score (nSPS) is 20.6. The Morgan fingerprint density at radius 1 is 1.06 bits per heavy atom. The molecule has 0 bridgehead atoms. The molecule has 13 heteroatoms. The minimum atomic E-state index is -5.08. The van der Waals surface area contributed by atoms with Crippen LogP contribution in [0.1, 0.15) is 41.9 Å². The second kappa shape index (κ2) is 9.95. The summed E-state index contributed by atoms with van der Waals surface area (Å²) in [5, 5.41) is 15.7.